The number of aromatic nitrogens is 2. The van der Waals surface area contributed by atoms with Crippen molar-refractivity contribution in [3.63, 3.8) is 0 Å². The summed E-state index contributed by atoms with van der Waals surface area (Å²) in [6.45, 7) is 3.97. The fourth-order valence-corrected chi connectivity index (χ4v) is 3.14. The molecule has 4 nitrogen and oxygen atoms in total. The second kappa shape index (κ2) is 5.50. The molecule has 5 heteroatoms. The highest BCUT2D eigenvalue weighted by Crippen LogP contribution is 2.15. The first kappa shape index (κ1) is 11.7. The van der Waals surface area contributed by atoms with Gasteiger partial charge in [-0.25, -0.2) is 0 Å². The molecule has 1 N–H and O–H groups in total. The van der Waals surface area contributed by atoms with E-state index in [0.717, 1.165) is 37.4 Å². The molecule has 0 aromatic carbocycles. The number of rotatable bonds is 3. The zero-order valence-electron chi connectivity index (χ0n) is 9.48. The maximum atomic E-state index is 12.0. The Hall–Kier alpha value is -0.810. The van der Waals surface area contributed by atoms with Crippen molar-refractivity contribution >= 4 is 10.8 Å². The highest BCUT2D eigenvalue weighted by Gasteiger charge is 2.17. The van der Waals surface area contributed by atoms with Crippen molar-refractivity contribution < 1.29 is 4.21 Å². The third-order valence-corrected chi connectivity index (χ3v) is 4.31. The number of hydrogen-bond acceptors (Lipinski definition) is 4. The smallest absolute Gasteiger partial charge is 0.149 e. The van der Waals surface area contributed by atoms with Crippen LogP contribution in [-0.4, -0.2) is 33.2 Å². The van der Waals surface area contributed by atoms with Crippen LogP contribution in [-0.2, 0) is 10.8 Å². The van der Waals surface area contributed by atoms with Crippen molar-refractivity contribution in [1.29, 1.82) is 0 Å². The van der Waals surface area contributed by atoms with E-state index in [-0.39, 0.29) is 0 Å². The summed E-state index contributed by atoms with van der Waals surface area (Å²) < 4.78 is 12.0. The van der Waals surface area contributed by atoms with Gasteiger partial charge in [0.2, 0.25) is 0 Å². The molecule has 1 aromatic rings. The van der Waals surface area contributed by atoms with Gasteiger partial charge in [0, 0.05) is 5.75 Å². The van der Waals surface area contributed by atoms with E-state index in [1.54, 1.807) is 0 Å². The third-order valence-electron chi connectivity index (χ3n) is 2.85. The number of nitrogens with zero attached hydrogens (tertiary/aromatic N) is 2. The average Bonchev–Trinajstić information content (AvgIpc) is 2.31. The van der Waals surface area contributed by atoms with Gasteiger partial charge in [0.1, 0.15) is 5.03 Å². The first-order valence-electron chi connectivity index (χ1n) is 5.65. The topological polar surface area (TPSA) is 54.9 Å². The molecule has 1 atom stereocenters. The molecule has 2 heterocycles. The summed E-state index contributed by atoms with van der Waals surface area (Å²) in [7, 11) is -0.991. The SMILES string of the molecule is Cc1ccc([S@@](=O)CC2CCNCC2)nn1. The standard InChI is InChI=1S/C11H17N3OS/c1-9-2-3-11(14-13-9)16(15)8-10-4-6-12-7-5-10/h2-3,10,12H,4-8H2,1H3/t16-/m0/s1. The summed E-state index contributed by atoms with van der Waals surface area (Å²) in [5.74, 6) is 1.28. The monoisotopic (exact) mass is 239 g/mol. The second-order valence-electron chi connectivity index (χ2n) is 4.22. The molecule has 1 fully saturated rings. The summed E-state index contributed by atoms with van der Waals surface area (Å²) in [6, 6.07) is 3.68. The Kier molecular flexibility index (Phi) is 4.01. The Morgan fingerprint density at radius 1 is 1.38 bits per heavy atom. The molecule has 88 valence electrons. The largest absolute Gasteiger partial charge is 0.317 e. The summed E-state index contributed by atoms with van der Waals surface area (Å²) in [4.78, 5) is 0. The maximum absolute atomic E-state index is 12.0. The average molecular weight is 239 g/mol. The fourth-order valence-electron chi connectivity index (χ4n) is 1.86. The first-order chi connectivity index (χ1) is 7.75. The van der Waals surface area contributed by atoms with Crippen LogP contribution in [0.4, 0.5) is 0 Å². The highest BCUT2D eigenvalue weighted by atomic mass is 32.2. The summed E-state index contributed by atoms with van der Waals surface area (Å²) in [5, 5.41) is 11.8. The predicted molar refractivity (Wildman–Crippen MR) is 63.6 cm³/mol. The van der Waals surface area contributed by atoms with Gasteiger partial charge < -0.3 is 5.32 Å². The maximum Gasteiger partial charge on any atom is 0.149 e. The molecule has 0 saturated carbocycles. The van der Waals surface area contributed by atoms with Crippen molar-refractivity contribution in [1.82, 2.24) is 15.5 Å². The van der Waals surface area contributed by atoms with Crippen molar-refractivity contribution in [3.8, 4) is 0 Å². The van der Waals surface area contributed by atoms with E-state index in [9.17, 15) is 4.21 Å². The first-order valence-corrected chi connectivity index (χ1v) is 6.97. The zero-order valence-corrected chi connectivity index (χ0v) is 10.3. The van der Waals surface area contributed by atoms with E-state index in [1.165, 1.54) is 0 Å². The second-order valence-corrected chi connectivity index (χ2v) is 5.66. The lowest BCUT2D eigenvalue weighted by molar-refractivity contribution is 0.405. The van der Waals surface area contributed by atoms with Gasteiger partial charge in [0.15, 0.2) is 0 Å². The minimum absolute atomic E-state index is 0.560. The normalized spacial score (nSPS) is 19.6. The summed E-state index contributed by atoms with van der Waals surface area (Å²) >= 11 is 0. The minimum atomic E-state index is -0.991. The van der Waals surface area contributed by atoms with Crippen LogP contribution >= 0.6 is 0 Å². The molecule has 0 bridgehead atoms. The summed E-state index contributed by atoms with van der Waals surface area (Å²) in [5.41, 5.74) is 0.864. The highest BCUT2D eigenvalue weighted by molar-refractivity contribution is 7.84. The molecule has 0 spiro atoms. The molecule has 1 aliphatic rings. The van der Waals surface area contributed by atoms with Crippen molar-refractivity contribution in [2.75, 3.05) is 18.8 Å². The lowest BCUT2D eigenvalue weighted by Crippen LogP contribution is -2.30. The molecular formula is C11H17N3OS. The van der Waals surface area contributed by atoms with E-state index in [4.69, 9.17) is 0 Å². The Labute approximate surface area is 98.3 Å². The van der Waals surface area contributed by atoms with Crippen molar-refractivity contribution in [2.45, 2.75) is 24.8 Å². The van der Waals surface area contributed by atoms with Gasteiger partial charge >= 0.3 is 0 Å². The van der Waals surface area contributed by atoms with Gasteiger partial charge in [-0.2, -0.15) is 5.10 Å². The molecule has 0 aliphatic carbocycles. The fraction of sp³-hybridized carbons (Fsp3) is 0.636. The van der Waals surface area contributed by atoms with Crippen LogP contribution in [0.15, 0.2) is 17.2 Å². The molecule has 0 radical (unpaired) electrons. The number of nitrogens with one attached hydrogen (secondary N) is 1. The molecule has 0 amide bonds. The van der Waals surface area contributed by atoms with E-state index in [1.807, 2.05) is 19.1 Å². The number of piperidine rings is 1. The minimum Gasteiger partial charge on any atom is -0.317 e. The predicted octanol–water partition coefficient (Wildman–Crippen LogP) is 0.892. The van der Waals surface area contributed by atoms with E-state index in [0.29, 0.717) is 10.9 Å². The lowest BCUT2D eigenvalue weighted by atomic mass is 10.0. The van der Waals surface area contributed by atoms with E-state index in [2.05, 4.69) is 15.5 Å². The van der Waals surface area contributed by atoms with Gasteiger partial charge in [0.05, 0.1) is 16.5 Å². The molecular weight excluding hydrogens is 222 g/mol. The van der Waals surface area contributed by atoms with Crippen LogP contribution in [0.5, 0.6) is 0 Å². The lowest BCUT2D eigenvalue weighted by Gasteiger charge is -2.21. The van der Waals surface area contributed by atoms with Crippen LogP contribution in [0.25, 0.3) is 0 Å². The third kappa shape index (κ3) is 3.09. The van der Waals surface area contributed by atoms with Gasteiger partial charge in [-0.05, 0) is 50.9 Å². The Morgan fingerprint density at radius 3 is 2.75 bits per heavy atom. The Bertz CT molecular complexity index is 360. The van der Waals surface area contributed by atoms with E-state index >= 15 is 0 Å². The number of hydrogen-bond donors (Lipinski definition) is 1. The Morgan fingerprint density at radius 2 is 2.12 bits per heavy atom. The van der Waals surface area contributed by atoms with Crippen LogP contribution in [0, 0.1) is 12.8 Å². The van der Waals surface area contributed by atoms with Gasteiger partial charge in [-0.1, -0.05) is 0 Å². The van der Waals surface area contributed by atoms with Crippen LogP contribution in [0.1, 0.15) is 18.5 Å². The summed E-state index contributed by atoms with van der Waals surface area (Å²) in [6.07, 6.45) is 2.23. The molecule has 1 aromatic heterocycles. The van der Waals surface area contributed by atoms with Gasteiger partial charge in [-0.15, -0.1) is 5.10 Å². The van der Waals surface area contributed by atoms with E-state index < -0.39 is 10.8 Å². The van der Waals surface area contributed by atoms with Gasteiger partial charge in [-0.3, -0.25) is 4.21 Å². The quantitative estimate of drug-likeness (QED) is 0.851. The number of aryl methyl sites for hydroxylation is 1. The van der Waals surface area contributed by atoms with Crippen molar-refractivity contribution in [2.24, 2.45) is 5.92 Å². The van der Waals surface area contributed by atoms with Crippen LogP contribution < -0.4 is 5.32 Å². The molecule has 0 unspecified atom stereocenters. The van der Waals surface area contributed by atoms with Crippen LogP contribution in [0.3, 0.4) is 0 Å². The molecule has 2 rings (SSSR count). The molecule has 1 aliphatic heterocycles. The van der Waals surface area contributed by atoms with Gasteiger partial charge in [0.25, 0.3) is 0 Å². The molecule has 1 saturated heterocycles. The zero-order chi connectivity index (χ0) is 11.4. The van der Waals surface area contributed by atoms with Crippen molar-refractivity contribution in [3.05, 3.63) is 17.8 Å². The Balaban J connectivity index is 1.94. The van der Waals surface area contributed by atoms with Crippen LogP contribution in [0.2, 0.25) is 0 Å². The molecule has 16 heavy (non-hydrogen) atoms.